The molecule has 1 heterocycles. The maximum atomic E-state index is 13.9. The number of hydrogen-bond acceptors (Lipinski definition) is 6. The number of nitrogens with one attached hydrogen (secondary N) is 2. The van der Waals surface area contributed by atoms with E-state index in [9.17, 15) is 23.2 Å². The van der Waals surface area contributed by atoms with Crippen molar-refractivity contribution in [1.82, 2.24) is 10.6 Å². The summed E-state index contributed by atoms with van der Waals surface area (Å²) in [4.78, 5) is 37.2. The molecule has 2 N–H and O–H groups in total. The summed E-state index contributed by atoms with van der Waals surface area (Å²) < 4.78 is 42.9. The summed E-state index contributed by atoms with van der Waals surface area (Å²) in [5.41, 5.74) is -0.429. The lowest BCUT2D eigenvalue weighted by Crippen LogP contribution is -2.47. The number of methoxy groups -OCH3 is 1. The van der Waals surface area contributed by atoms with Gasteiger partial charge in [-0.3, -0.25) is 0 Å². The Labute approximate surface area is 182 Å². The predicted molar refractivity (Wildman–Crippen MR) is 108 cm³/mol. The van der Waals surface area contributed by atoms with Crippen LogP contribution in [0.1, 0.15) is 28.9 Å². The number of urea groups is 1. The summed E-state index contributed by atoms with van der Waals surface area (Å²) in [5.74, 6) is -3.68. The fourth-order valence-electron chi connectivity index (χ4n) is 3.13. The third kappa shape index (κ3) is 4.85. The Balaban J connectivity index is 1.95. The average Bonchev–Trinajstić information content (AvgIpc) is 2.77. The number of rotatable bonds is 7. The summed E-state index contributed by atoms with van der Waals surface area (Å²) in [6.07, 6.45) is 0. The van der Waals surface area contributed by atoms with Gasteiger partial charge < -0.3 is 24.8 Å². The van der Waals surface area contributed by atoms with Crippen LogP contribution in [0.5, 0.6) is 5.75 Å². The van der Waals surface area contributed by atoms with Crippen LogP contribution < -0.4 is 15.4 Å². The molecular weight excluding hydrogens is 426 g/mol. The molecule has 0 fully saturated rings. The Kier molecular flexibility index (Phi) is 7.04. The van der Waals surface area contributed by atoms with Crippen LogP contribution in [0.3, 0.4) is 0 Å². The lowest BCUT2D eigenvalue weighted by atomic mass is 9.95. The zero-order valence-corrected chi connectivity index (χ0v) is 17.2. The van der Waals surface area contributed by atoms with E-state index in [0.29, 0.717) is 11.3 Å². The van der Waals surface area contributed by atoms with Gasteiger partial charge in [-0.25, -0.2) is 23.2 Å². The lowest BCUT2D eigenvalue weighted by Gasteiger charge is -2.29. The highest BCUT2D eigenvalue weighted by Gasteiger charge is 2.34. The Morgan fingerprint density at radius 2 is 1.66 bits per heavy atom. The number of ether oxygens (including phenoxy) is 3. The summed E-state index contributed by atoms with van der Waals surface area (Å²) >= 11 is 0. The molecule has 1 aliphatic heterocycles. The molecule has 32 heavy (non-hydrogen) atoms. The van der Waals surface area contributed by atoms with E-state index >= 15 is 0 Å². The van der Waals surface area contributed by atoms with Gasteiger partial charge in [0.05, 0.1) is 31.0 Å². The van der Waals surface area contributed by atoms with Crippen LogP contribution >= 0.6 is 0 Å². The highest BCUT2D eigenvalue weighted by molar-refractivity contribution is 5.95. The Morgan fingerprint density at radius 3 is 2.25 bits per heavy atom. The van der Waals surface area contributed by atoms with Gasteiger partial charge in [0.25, 0.3) is 0 Å². The molecule has 0 saturated carbocycles. The fourth-order valence-corrected chi connectivity index (χ4v) is 3.13. The first kappa shape index (κ1) is 22.7. The highest BCUT2D eigenvalue weighted by Crippen LogP contribution is 2.29. The SMILES string of the molecule is CCOC(=O)C1=C(COC(=O)c2c(F)cccc2F)NC(=O)NC1c1ccc(OC)cc1. The van der Waals surface area contributed by atoms with Crippen molar-refractivity contribution >= 4 is 18.0 Å². The second-order valence-electron chi connectivity index (χ2n) is 6.59. The molecule has 1 unspecified atom stereocenters. The van der Waals surface area contributed by atoms with E-state index in [4.69, 9.17) is 14.2 Å². The molecule has 8 nitrogen and oxygen atoms in total. The lowest BCUT2D eigenvalue weighted by molar-refractivity contribution is -0.139. The number of benzene rings is 2. The molecule has 2 aromatic carbocycles. The van der Waals surface area contributed by atoms with E-state index in [1.807, 2.05) is 0 Å². The molecule has 0 aliphatic carbocycles. The van der Waals surface area contributed by atoms with Crippen molar-refractivity contribution in [2.24, 2.45) is 0 Å². The standard InChI is InChI=1S/C22H20F2N2O6/c1-3-31-21(28)18-16(11-32-20(27)17-14(23)5-4-6-15(17)24)25-22(29)26-19(18)12-7-9-13(30-2)10-8-12/h4-10,19H,3,11H2,1-2H3,(H2,25,26,29). The van der Waals surface area contributed by atoms with Crippen LogP contribution in [-0.4, -0.2) is 38.3 Å². The summed E-state index contributed by atoms with van der Waals surface area (Å²) in [7, 11) is 1.50. The number of hydrogen-bond donors (Lipinski definition) is 2. The van der Waals surface area contributed by atoms with Crippen molar-refractivity contribution in [2.75, 3.05) is 20.3 Å². The van der Waals surface area contributed by atoms with Gasteiger partial charge >= 0.3 is 18.0 Å². The minimum Gasteiger partial charge on any atom is -0.497 e. The van der Waals surface area contributed by atoms with Crippen molar-refractivity contribution in [3.8, 4) is 5.75 Å². The van der Waals surface area contributed by atoms with Gasteiger partial charge in [-0.15, -0.1) is 0 Å². The van der Waals surface area contributed by atoms with Gasteiger partial charge in [0.1, 0.15) is 29.6 Å². The van der Waals surface area contributed by atoms with E-state index < -0.39 is 47.8 Å². The largest absolute Gasteiger partial charge is 0.497 e. The highest BCUT2D eigenvalue weighted by atomic mass is 19.1. The quantitative estimate of drug-likeness (QED) is 0.634. The van der Waals surface area contributed by atoms with Crippen LogP contribution in [0.4, 0.5) is 13.6 Å². The van der Waals surface area contributed by atoms with Crippen LogP contribution in [0.25, 0.3) is 0 Å². The molecule has 0 saturated heterocycles. The summed E-state index contributed by atoms with van der Waals surface area (Å²) in [6.45, 7) is 1.04. The van der Waals surface area contributed by atoms with Crippen molar-refractivity contribution in [1.29, 1.82) is 0 Å². The van der Waals surface area contributed by atoms with E-state index in [2.05, 4.69) is 10.6 Å². The summed E-state index contributed by atoms with van der Waals surface area (Å²) in [6, 6.07) is 7.92. The first-order valence-electron chi connectivity index (χ1n) is 9.58. The van der Waals surface area contributed by atoms with E-state index in [-0.39, 0.29) is 17.9 Å². The molecule has 1 aliphatic rings. The molecule has 0 radical (unpaired) electrons. The van der Waals surface area contributed by atoms with E-state index in [1.165, 1.54) is 7.11 Å². The number of esters is 2. The first-order chi connectivity index (χ1) is 15.3. The van der Waals surface area contributed by atoms with Gasteiger partial charge in [0.15, 0.2) is 0 Å². The Morgan fingerprint density at radius 1 is 1.00 bits per heavy atom. The molecule has 0 bridgehead atoms. The van der Waals surface area contributed by atoms with Crippen molar-refractivity contribution in [3.05, 3.63) is 76.5 Å². The fraction of sp³-hybridized carbons (Fsp3) is 0.227. The Bertz CT molecular complexity index is 1050. The molecule has 168 valence electrons. The van der Waals surface area contributed by atoms with Crippen molar-refractivity contribution < 1.29 is 37.4 Å². The predicted octanol–water partition coefficient (Wildman–Crippen LogP) is 3.00. The van der Waals surface area contributed by atoms with E-state index in [0.717, 1.165) is 18.2 Å². The topological polar surface area (TPSA) is 103 Å². The second-order valence-corrected chi connectivity index (χ2v) is 6.59. The molecule has 1 atom stereocenters. The molecular formula is C22H20F2N2O6. The van der Waals surface area contributed by atoms with Crippen molar-refractivity contribution in [2.45, 2.75) is 13.0 Å². The number of amides is 2. The first-order valence-corrected chi connectivity index (χ1v) is 9.58. The van der Waals surface area contributed by atoms with Crippen molar-refractivity contribution in [3.63, 3.8) is 0 Å². The van der Waals surface area contributed by atoms with Gasteiger partial charge in [-0.05, 0) is 36.8 Å². The maximum Gasteiger partial charge on any atom is 0.344 e. The smallest absolute Gasteiger partial charge is 0.344 e. The third-order valence-corrected chi connectivity index (χ3v) is 4.61. The monoisotopic (exact) mass is 446 g/mol. The minimum absolute atomic E-state index is 0.0153. The average molecular weight is 446 g/mol. The molecule has 2 aromatic rings. The normalized spacial score (nSPS) is 15.5. The van der Waals surface area contributed by atoms with Crippen LogP contribution in [0, 0.1) is 11.6 Å². The second kappa shape index (κ2) is 9.90. The van der Waals surface area contributed by atoms with Gasteiger partial charge in [-0.1, -0.05) is 18.2 Å². The zero-order valence-electron chi connectivity index (χ0n) is 17.2. The number of halogens is 2. The van der Waals surface area contributed by atoms with Crippen LogP contribution in [0.15, 0.2) is 53.7 Å². The molecule has 3 rings (SSSR count). The minimum atomic E-state index is -1.29. The molecule has 10 heteroatoms. The molecule has 2 amide bonds. The molecule has 0 spiro atoms. The van der Waals surface area contributed by atoms with Crippen LogP contribution in [-0.2, 0) is 14.3 Å². The van der Waals surface area contributed by atoms with E-state index in [1.54, 1.807) is 31.2 Å². The zero-order chi connectivity index (χ0) is 23.3. The Hall–Kier alpha value is -3.95. The van der Waals surface area contributed by atoms with Gasteiger partial charge in [0, 0.05) is 0 Å². The van der Waals surface area contributed by atoms with Crippen LogP contribution in [0.2, 0.25) is 0 Å². The maximum absolute atomic E-state index is 13.9. The van der Waals surface area contributed by atoms with Gasteiger partial charge in [0.2, 0.25) is 0 Å². The summed E-state index contributed by atoms with van der Waals surface area (Å²) in [5, 5.41) is 5.02. The number of carbonyl (C=O) groups excluding carboxylic acids is 3. The molecule has 0 aromatic heterocycles. The van der Waals surface area contributed by atoms with Gasteiger partial charge in [-0.2, -0.15) is 0 Å². The third-order valence-electron chi connectivity index (χ3n) is 4.61. The number of carbonyl (C=O) groups is 3.